The summed E-state index contributed by atoms with van der Waals surface area (Å²) in [6.07, 6.45) is 1.92. The number of benzene rings is 2. The Balaban J connectivity index is 1.94. The lowest BCUT2D eigenvalue weighted by Gasteiger charge is -2.23. The largest absolute Gasteiger partial charge is 0.289 e. The van der Waals surface area contributed by atoms with Crippen LogP contribution in [0, 0.1) is 0 Å². The van der Waals surface area contributed by atoms with E-state index in [4.69, 9.17) is 0 Å². The van der Waals surface area contributed by atoms with Gasteiger partial charge >= 0.3 is 0 Å². The second-order valence-corrected chi connectivity index (χ2v) is 5.93. The molecule has 0 aromatic heterocycles. The summed E-state index contributed by atoms with van der Waals surface area (Å²) in [6, 6.07) is 19.3. The molecular formula is C17H17N3OS. The summed E-state index contributed by atoms with van der Waals surface area (Å²) < 4.78 is 0. The maximum Gasteiger partial charge on any atom is 0.279 e. The van der Waals surface area contributed by atoms with E-state index in [1.807, 2.05) is 73.8 Å². The molecule has 1 aliphatic heterocycles. The van der Waals surface area contributed by atoms with E-state index < -0.39 is 5.54 Å². The molecule has 0 saturated heterocycles. The summed E-state index contributed by atoms with van der Waals surface area (Å²) >= 11 is 1.45. The standard InChI is InChI=1S/C17H17N3OS/c1-17(13-9-5-3-6-10-13)15(21)20(16(18-17)22-2)19-14-11-7-4-8-12-14/h3-12,19H,1-2H3. The summed E-state index contributed by atoms with van der Waals surface area (Å²) in [5.41, 5.74) is 4.01. The Morgan fingerprint density at radius 3 is 2.23 bits per heavy atom. The molecular weight excluding hydrogens is 294 g/mol. The highest BCUT2D eigenvalue weighted by Crippen LogP contribution is 2.35. The van der Waals surface area contributed by atoms with Crippen LogP contribution >= 0.6 is 11.8 Å². The molecule has 3 rings (SSSR count). The second-order valence-electron chi connectivity index (χ2n) is 5.16. The quantitative estimate of drug-likeness (QED) is 0.943. The smallest absolute Gasteiger partial charge is 0.279 e. The normalized spacial score (nSPS) is 20.9. The van der Waals surface area contributed by atoms with Crippen LogP contribution in [0.25, 0.3) is 0 Å². The number of carbonyl (C=O) groups excluding carboxylic acids is 1. The highest BCUT2D eigenvalue weighted by atomic mass is 32.2. The summed E-state index contributed by atoms with van der Waals surface area (Å²) in [5, 5.41) is 2.20. The van der Waals surface area contributed by atoms with Crippen molar-refractivity contribution in [2.45, 2.75) is 12.5 Å². The van der Waals surface area contributed by atoms with Gasteiger partial charge in [-0.15, -0.1) is 0 Å². The molecule has 2 aromatic rings. The third-order valence-electron chi connectivity index (χ3n) is 3.66. The van der Waals surface area contributed by atoms with E-state index in [0.29, 0.717) is 5.17 Å². The molecule has 5 heteroatoms. The number of hydrogen-bond acceptors (Lipinski definition) is 4. The van der Waals surface area contributed by atoms with E-state index in [0.717, 1.165) is 11.3 Å². The Morgan fingerprint density at radius 1 is 1.05 bits per heavy atom. The van der Waals surface area contributed by atoms with Crippen LogP contribution in [0.1, 0.15) is 12.5 Å². The Labute approximate surface area is 134 Å². The molecule has 1 amide bonds. The predicted molar refractivity (Wildman–Crippen MR) is 91.7 cm³/mol. The van der Waals surface area contributed by atoms with Gasteiger partial charge in [-0.25, -0.2) is 4.99 Å². The molecule has 0 bridgehead atoms. The maximum absolute atomic E-state index is 12.9. The number of carbonyl (C=O) groups is 1. The summed E-state index contributed by atoms with van der Waals surface area (Å²) in [4.78, 5) is 17.6. The van der Waals surface area contributed by atoms with Crippen LogP contribution in [0.4, 0.5) is 5.69 Å². The number of para-hydroxylation sites is 1. The molecule has 0 fully saturated rings. The lowest BCUT2D eigenvalue weighted by atomic mass is 9.92. The number of rotatable bonds is 3. The van der Waals surface area contributed by atoms with Crippen LogP contribution in [0.3, 0.4) is 0 Å². The average Bonchev–Trinajstić information content (AvgIpc) is 2.82. The summed E-state index contributed by atoms with van der Waals surface area (Å²) in [5.74, 6) is -0.0769. The Hall–Kier alpha value is -2.27. The molecule has 1 heterocycles. The van der Waals surface area contributed by atoms with E-state index >= 15 is 0 Å². The lowest BCUT2D eigenvalue weighted by molar-refractivity contribution is -0.129. The fourth-order valence-corrected chi connectivity index (χ4v) is 3.01. The van der Waals surface area contributed by atoms with Crippen molar-refractivity contribution in [2.24, 2.45) is 4.99 Å². The van der Waals surface area contributed by atoms with E-state index in [2.05, 4.69) is 10.4 Å². The van der Waals surface area contributed by atoms with Gasteiger partial charge in [0.1, 0.15) is 0 Å². The van der Waals surface area contributed by atoms with E-state index in [-0.39, 0.29) is 5.91 Å². The van der Waals surface area contributed by atoms with Gasteiger partial charge in [-0.1, -0.05) is 60.3 Å². The van der Waals surface area contributed by atoms with Crippen molar-refractivity contribution in [3.05, 3.63) is 66.2 Å². The first kappa shape index (κ1) is 14.7. The molecule has 1 unspecified atom stereocenters. The van der Waals surface area contributed by atoms with Crippen LogP contribution in [0.2, 0.25) is 0 Å². The monoisotopic (exact) mass is 311 g/mol. The van der Waals surface area contributed by atoms with Gasteiger partial charge in [0.2, 0.25) is 0 Å². The topological polar surface area (TPSA) is 44.7 Å². The first-order chi connectivity index (χ1) is 10.6. The van der Waals surface area contributed by atoms with E-state index in [1.54, 1.807) is 0 Å². The zero-order valence-corrected chi connectivity index (χ0v) is 13.3. The van der Waals surface area contributed by atoms with Gasteiger partial charge in [0.15, 0.2) is 10.7 Å². The van der Waals surface area contributed by atoms with E-state index in [9.17, 15) is 4.79 Å². The van der Waals surface area contributed by atoms with Crippen molar-refractivity contribution >= 4 is 28.5 Å². The molecule has 22 heavy (non-hydrogen) atoms. The number of hydrazine groups is 1. The number of amidine groups is 1. The van der Waals surface area contributed by atoms with Crippen molar-refractivity contribution in [2.75, 3.05) is 11.7 Å². The van der Waals surface area contributed by atoms with Crippen LogP contribution in [0.5, 0.6) is 0 Å². The van der Waals surface area contributed by atoms with Crippen molar-refractivity contribution in [3.63, 3.8) is 0 Å². The summed E-state index contributed by atoms with van der Waals surface area (Å²) in [6.45, 7) is 1.85. The number of aliphatic imine (C=N–C) groups is 1. The summed E-state index contributed by atoms with van der Waals surface area (Å²) in [7, 11) is 0. The zero-order chi connectivity index (χ0) is 15.6. The first-order valence-electron chi connectivity index (χ1n) is 7.01. The van der Waals surface area contributed by atoms with Gasteiger partial charge < -0.3 is 0 Å². The zero-order valence-electron chi connectivity index (χ0n) is 12.5. The molecule has 2 aromatic carbocycles. The Morgan fingerprint density at radius 2 is 1.64 bits per heavy atom. The molecule has 0 radical (unpaired) electrons. The van der Waals surface area contributed by atoms with E-state index in [1.165, 1.54) is 16.8 Å². The van der Waals surface area contributed by atoms with Gasteiger partial charge in [0.05, 0.1) is 5.69 Å². The lowest BCUT2D eigenvalue weighted by Crippen LogP contribution is -2.42. The van der Waals surface area contributed by atoms with Crippen LogP contribution < -0.4 is 5.43 Å². The van der Waals surface area contributed by atoms with Gasteiger partial charge in [-0.3, -0.25) is 10.2 Å². The predicted octanol–water partition coefficient (Wildman–Crippen LogP) is 3.49. The first-order valence-corrected chi connectivity index (χ1v) is 8.23. The third kappa shape index (κ3) is 2.48. The third-order valence-corrected chi connectivity index (χ3v) is 4.30. The minimum Gasteiger partial charge on any atom is -0.289 e. The molecule has 0 saturated carbocycles. The van der Waals surface area contributed by atoms with Crippen molar-refractivity contribution < 1.29 is 4.79 Å². The van der Waals surface area contributed by atoms with Crippen molar-refractivity contribution in [1.29, 1.82) is 0 Å². The number of thioether (sulfide) groups is 1. The molecule has 0 spiro atoms. The Kier molecular flexibility index (Phi) is 3.90. The maximum atomic E-state index is 12.9. The molecule has 1 N–H and O–H groups in total. The number of nitrogens with one attached hydrogen (secondary N) is 1. The average molecular weight is 311 g/mol. The fraction of sp³-hybridized carbons (Fsp3) is 0.176. The highest BCUT2D eigenvalue weighted by molar-refractivity contribution is 8.13. The highest BCUT2D eigenvalue weighted by Gasteiger charge is 2.46. The van der Waals surface area contributed by atoms with Gasteiger partial charge in [0, 0.05) is 0 Å². The Bertz CT molecular complexity index is 702. The van der Waals surface area contributed by atoms with Crippen LogP contribution in [-0.4, -0.2) is 22.3 Å². The fourth-order valence-electron chi connectivity index (χ4n) is 2.42. The van der Waals surface area contributed by atoms with Gasteiger partial charge in [0.25, 0.3) is 5.91 Å². The number of nitrogens with zero attached hydrogens (tertiary/aromatic N) is 2. The number of hydrogen-bond donors (Lipinski definition) is 1. The van der Waals surface area contributed by atoms with Gasteiger partial charge in [-0.05, 0) is 30.9 Å². The number of anilines is 1. The van der Waals surface area contributed by atoms with Crippen LogP contribution in [0.15, 0.2) is 65.7 Å². The van der Waals surface area contributed by atoms with Crippen LogP contribution in [-0.2, 0) is 10.3 Å². The molecule has 112 valence electrons. The van der Waals surface area contributed by atoms with Crippen molar-refractivity contribution in [1.82, 2.24) is 5.01 Å². The minimum atomic E-state index is -0.888. The van der Waals surface area contributed by atoms with Gasteiger partial charge in [-0.2, -0.15) is 5.01 Å². The molecule has 4 nitrogen and oxygen atoms in total. The molecule has 1 atom stereocenters. The molecule has 0 aliphatic carbocycles. The van der Waals surface area contributed by atoms with Crippen molar-refractivity contribution in [3.8, 4) is 0 Å². The SMILES string of the molecule is CSC1=NC(C)(c2ccccc2)C(=O)N1Nc1ccccc1. The molecule has 1 aliphatic rings. The minimum absolute atomic E-state index is 0.0769. The second kappa shape index (κ2) is 5.85. The number of amides is 1.